The van der Waals surface area contributed by atoms with Crippen LogP contribution < -0.4 is 11.1 Å². The normalized spacial score (nSPS) is 27.8. The van der Waals surface area contributed by atoms with E-state index in [1.54, 1.807) is 7.11 Å². The van der Waals surface area contributed by atoms with E-state index >= 15 is 0 Å². The van der Waals surface area contributed by atoms with Gasteiger partial charge in [0.25, 0.3) is 0 Å². The lowest BCUT2D eigenvalue weighted by molar-refractivity contribution is -0.125. The molecule has 3 N–H and O–H groups in total. The molecule has 1 rings (SSSR count). The molecular formula is C12H24N2O3. The van der Waals surface area contributed by atoms with Crippen molar-refractivity contribution in [3.63, 3.8) is 0 Å². The molecule has 17 heavy (non-hydrogen) atoms. The highest BCUT2D eigenvalue weighted by molar-refractivity contribution is 5.81. The van der Waals surface area contributed by atoms with E-state index in [9.17, 15) is 4.79 Å². The van der Waals surface area contributed by atoms with Gasteiger partial charge in [0.05, 0.1) is 12.6 Å². The molecule has 0 saturated carbocycles. The largest absolute Gasteiger partial charge is 0.378 e. The first-order valence-corrected chi connectivity index (χ1v) is 6.21. The second-order valence-electron chi connectivity index (χ2n) is 4.82. The smallest absolute Gasteiger partial charge is 0.237 e. The lowest BCUT2D eigenvalue weighted by atomic mass is 9.98. The van der Waals surface area contributed by atoms with Gasteiger partial charge in [-0.15, -0.1) is 0 Å². The quantitative estimate of drug-likeness (QED) is 0.704. The van der Waals surface area contributed by atoms with Crippen molar-refractivity contribution in [3.05, 3.63) is 0 Å². The Labute approximate surface area is 103 Å². The third-order valence-corrected chi connectivity index (χ3v) is 3.64. The van der Waals surface area contributed by atoms with Crippen LogP contribution >= 0.6 is 0 Å². The molecule has 3 unspecified atom stereocenters. The molecule has 1 heterocycles. The number of rotatable bonds is 6. The number of hydrogen-bond donors (Lipinski definition) is 2. The van der Waals surface area contributed by atoms with E-state index in [1.807, 2.05) is 13.8 Å². The summed E-state index contributed by atoms with van der Waals surface area (Å²) < 4.78 is 10.7. The Morgan fingerprint density at radius 1 is 1.65 bits per heavy atom. The Morgan fingerprint density at radius 3 is 2.82 bits per heavy atom. The average Bonchev–Trinajstić information content (AvgIpc) is 2.83. The second kappa shape index (κ2) is 6.33. The van der Waals surface area contributed by atoms with Crippen molar-refractivity contribution in [2.75, 3.05) is 26.9 Å². The standard InChI is InChI=1S/C12H24N2O3/c1-4-9(2)10(13)11(15)14-7-12(16-3)5-6-17-8-12/h9-10H,4-8,13H2,1-3H3,(H,14,15). The highest BCUT2D eigenvalue weighted by Gasteiger charge is 2.35. The third-order valence-electron chi connectivity index (χ3n) is 3.64. The van der Waals surface area contributed by atoms with Crippen molar-refractivity contribution in [2.45, 2.75) is 38.3 Å². The summed E-state index contributed by atoms with van der Waals surface area (Å²) in [6.07, 6.45) is 1.70. The molecule has 5 heteroatoms. The molecule has 100 valence electrons. The van der Waals surface area contributed by atoms with Crippen LogP contribution in [0.3, 0.4) is 0 Å². The van der Waals surface area contributed by atoms with E-state index in [1.165, 1.54) is 0 Å². The van der Waals surface area contributed by atoms with Crippen LogP contribution in [0.1, 0.15) is 26.7 Å². The van der Waals surface area contributed by atoms with Crippen molar-refractivity contribution in [2.24, 2.45) is 11.7 Å². The summed E-state index contributed by atoms with van der Waals surface area (Å²) in [6.45, 7) is 5.68. The molecule has 1 amide bonds. The molecule has 0 aliphatic carbocycles. The Hall–Kier alpha value is -0.650. The van der Waals surface area contributed by atoms with Crippen LogP contribution in [0, 0.1) is 5.92 Å². The van der Waals surface area contributed by atoms with Crippen LogP contribution in [0.2, 0.25) is 0 Å². The molecule has 0 spiro atoms. The van der Waals surface area contributed by atoms with Gasteiger partial charge in [-0.05, 0) is 5.92 Å². The van der Waals surface area contributed by atoms with Crippen molar-refractivity contribution in [3.8, 4) is 0 Å². The Balaban J connectivity index is 2.41. The number of methoxy groups -OCH3 is 1. The highest BCUT2D eigenvalue weighted by atomic mass is 16.5. The fraction of sp³-hybridized carbons (Fsp3) is 0.917. The fourth-order valence-corrected chi connectivity index (χ4v) is 1.84. The second-order valence-corrected chi connectivity index (χ2v) is 4.82. The third kappa shape index (κ3) is 3.66. The maximum atomic E-state index is 11.8. The summed E-state index contributed by atoms with van der Waals surface area (Å²) in [7, 11) is 1.65. The van der Waals surface area contributed by atoms with Gasteiger partial charge in [0.2, 0.25) is 5.91 Å². The minimum atomic E-state index is -0.448. The van der Waals surface area contributed by atoms with Crippen molar-refractivity contribution < 1.29 is 14.3 Å². The van der Waals surface area contributed by atoms with Gasteiger partial charge in [-0.2, -0.15) is 0 Å². The summed E-state index contributed by atoms with van der Waals surface area (Å²) in [5.74, 6) is 0.0796. The number of nitrogens with one attached hydrogen (secondary N) is 1. The Morgan fingerprint density at radius 2 is 2.35 bits per heavy atom. The molecule has 0 aromatic heterocycles. The minimum Gasteiger partial charge on any atom is -0.378 e. The van der Waals surface area contributed by atoms with E-state index in [2.05, 4.69) is 5.32 Å². The van der Waals surface area contributed by atoms with Crippen LogP contribution in [-0.4, -0.2) is 44.4 Å². The first kappa shape index (κ1) is 14.4. The molecule has 3 atom stereocenters. The van der Waals surface area contributed by atoms with Crippen LogP contribution in [-0.2, 0) is 14.3 Å². The van der Waals surface area contributed by atoms with Gasteiger partial charge in [-0.1, -0.05) is 20.3 Å². The van der Waals surface area contributed by atoms with Crippen LogP contribution in [0.5, 0.6) is 0 Å². The van der Waals surface area contributed by atoms with Gasteiger partial charge in [0.1, 0.15) is 5.60 Å². The van der Waals surface area contributed by atoms with E-state index < -0.39 is 6.04 Å². The maximum Gasteiger partial charge on any atom is 0.237 e. The SMILES string of the molecule is CCC(C)C(N)C(=O)NCC1(OC)CCOC1. The lowest BCUT2D eigenvalue weighted by Crippen LogP contribution is -2.51. The van der Waals surface area contributed by atoms with E-state index in [0.717, 1.165) is 12.8 Å². The first-order valence-electron chi connectivity index (χ1n) is 6.21. The Bertz CT molecular complexity index is 252. The van der Waals surface area contributed by atoms with Crippen molar-refractivity contribution in [1.82, 2.24) is 5.32 Å². The average molecular weight is 244 g/mol. The molecule has 1 saturated heterocycles. The molecule has 0 bridgehead atoms. The van der Waals surface area contributed by atoms with Crippen LogP contribution in [0.25, 0.3) is 0 Å². The molecule has 5 nitrogen and oxygen atoms in total. The number of carbonyl (C=O) groups is 1. The summed E-state index contributed by atoms with van der Waals surface area (Å²) in [5, 5.41) is 2.86. The predicted octanol–water partition coefficient (Wildman–Crippen LogP) is 0.282. The van der Waals surface area contributed by atoms with Crippen molar-refractivity contribution in [1.29, 1.82) is 0 Å². The van der Waals surface area contributed by atoms with Gasteiger partial charge in [0.15, 0.2) is 0 Å². The summed E-state index contributed by atoms with van der Waals surface area (Å²) in [4.78, 5) is 11.8. The molecule has 1 aliphatic rings. The van der Waals surface area contributed by atoms with E-state index in [4.69, 9.17) is 15.2 Å². The van der Waals surface area contributed by atoms with Crippen LogP contribution in [0.15, 0.2) is 0 Å². The zero-order valence-electron chi connectivity index (χ0n) is 11.0. The van der Waals surface area contributed by atoms with Gasteiger partial charge < -0.3 is 20.5 Å². The number of hydrogen-bond acceptors (Lipinski definition) is 4. The molecule has 0 radical (unpaired) electrons. The van der Waals surface area contributed by atoms with E-state index in [-0.39, 0.29) is 17.4 Å². The predicted molar refractivity (Wildman–Crippen MR) is 65.6 cm³/mol. The summed E-state index contributed by atoms with van der Waals surface area (Å²) in [6, 6.07) is -0.448. The lowest BCUT2D eigenvalue weighted by Gasteiger charge is -2.27. The minimum absolute atomic E-state index is 0.109. The first-order chi connectivity index (χ1) is 8.04. The van der Waals surface area contributed by atoms with Gasteiger partial charge in [-0.25, -0.2) is 0 Å². The number of nitrogens with two attached hydrogens (primary N) is 1. The zero-order chi connectivity index (χ0) is 12.9. The summed E-state index contributed by atoms with van der Waals surface area (Å²) >= 11 is 0. The van der Waals surface area contributed by atoms with Gasteiger partial charge >= 0.3 is 0 Å². The van der Waals surface area contributed by atoms with Crippen molar-refractivity contribution >= 4 is 5.91 Å². The molecular weight excluding hydrogens is 220 g/mol. The fourth-order valence-electron chi connectivity index (χ4n) is 1.84. The Kier molecular flexibility index (Phi) is 5.36. The maximum absolute atomic E-state index is 11.8. The molecule has 1 fully saturated rings. The number of ether oxygens (including phenoxy) is 2. The molecule has 0 aromatic carbocycles. The summed E-state index contributed by atoms with van der Waals surface area (Å²) in [5.41, 5.74) is 5.49. The molecule has 1 aliphatic heterocycles. The molecule has 0 aromatic rings. The topological polar surface area (TPSA) is 73.6 Å². The van der Waals surface area contributed by atoms with Crippen LogP contribution in [0.4, 0.5) is 0 Å². The van der Waals surface area contributed by atoms with Gasteiger partial charge in [0, 0.05) is 26.7 Å². The number of amides is 1. The highest BCUT2D eigenvalue weighted by Crippen LogP contribution is 2.21. The monoisotopic (exact) mass is 244 g/mol. The van der Waals surface area contributed by atoms with E-state index in [0.29, 0.717) is 19.8 Å². The number of carbonyl (C=O) groups excluding carboxylic acids is 1. The zero-order valence-corrected chi connectivity index (χ0v) is 11.0. The van der Waals surface area contributed by atoms with Gasteiger partial charge in [-0.3, -0.25) is 4.79 Å².